The minimum absolute atomic E-state index is 0.185. The van der Waals surface area contributed by atoms with Crippen LogP contribution in [0.5, 0.6) is 0 Å². The molecule has 18 heavy (non-hydrogen) atoms. The summed E-state index contributed by atoms with van der Waals surface area (Å²) in [6.45, 7) is 0. The number of carbonyl (C=O) groups is 1. The molecule has 0 aliphatic heterocycles. The Kier molecular flexibility index (Phi) is 3.94. The maximum Gasteiger partial charge on any atom is 0.259 e. The van der Waals surface area contributed by atoms with E-state index in [2.05, 4.69) is 31.5 Å². The van der Waals surface area contributed by atoms with Crippen LogP contribution in [0.1, 0.15) is 10.4 Å². The largest absolute Gasteiger partial charge is 0.387 e. The molecule has 4 nitrogen and oxygen atoms in total. The van der Waals surface area contributed by atoms with Crippen LogP contribution in [-0.4, -0.2) is 17.9 Å². The summed E-state index contributed by atoms with van der Waals surface area (Å²) in [6, 6.07) is 9.17. The number of carbonyl (C=O) groups excluding carboxylic acids is 1. The Morgan fingerprint density at radius 2 is 1.94 bits per heavy atom. The van der Waals surface area contributed by atoms with Gasteiger partial charge in [-0.05, 0) is 30.3 Å². The molecule has 0 saturated heterocycles. The molecule has 0 saturated carbocycles. The van der Waals surface area contributed by atoms with Gasteiger partial charge in [0, 0.05) is 35.3 Å². The van der Waals surface area contributed by atoms with Gasteiger partial charge in [0.2, 0.25) is 0 Å². The number of anilines is 2. The lowest BCUT2D eigenvalue weighted by Gasteiger charge is -2.09. The monoisotopic (exact) mass is 305 g/mol. The van der Waals surface area contributed by atoms with Gasteiger partial charge in [-0.3, -0.25) is 9.78 Å². The van der Waals surface area contributed by atoms with Crippen molar-refractivity contribution in [3.63, 3.8) is 0 Å². The van der Waals surface area contributed by atoms with Crippen molar-refractivity contribution in [2.24, 2.45) is 0 Å². The molecule has 2 aromatic rings. The van der Waals surface area contributed by atoms with Crippen molar-refractivity contribution in [1.82, 2.24) is 4.98 Å². The summed E-state index contributed by atoms with van der Waals surface area (Å²) < 4.78 is 0.970. The van der Waals surface area contributed by atoms with Gasteiger partial charge in [0.1, 0.15) is 0 Å². The molecule has 2 N–H and O–H groups in total. The van der Waals surface area contributed by atoms with E-state index < -0.39 is 0 Å². The lowest BCUT2D eigenvalue weighted by molar-refractivity contribution is 0.102. The smallest absolute Gasteiger partial charge is 0.259 e. The van der Waals surface area contributed by atoms with Gasteiger partial charge < -0.3 is 10.6 Å². The van der Waals surface area contributed by atoms with Gasteiger partial charge in [-0.25, -0.2) is 0 Å². The average molecular weight is 306 g/mol. The van der Waals surface area contributed by atoms with Crippen LogP contribution >= 0.6 is 15.9 Å². The second-order valence-electron chi connectivity index (χ2n) is 3.63. The molecule has 0 atom stereocenters. The lowest BCUT2D eigenvalue weighted by atomic mass is 10.2. The first-order chi connectivity index (χ1) is 8.70. The van der Waals surface area contributed by atoms with Gasteiger partial charge in [0.25, 0.3) is 5.91 Å². The number of rotatable bonds is 3. The zero-order valence-corrected chi connectivity index (χ0v) is 11.4. The summed E-state index contributed by atoms with van der Waals surface area (Å²) in [6.07, 6.45) is 3.18. The predicted octanol–water partition coefficient (Wildman–Crippen LogP) is 3.14. The molecule has 5 heteroatoms. The van der Waals surface area contributed by atoms with Crippen molar-refractivity contribution < 1.29 is 4.79 Å². The third kappa shape index (κ3) is 2.87. The fraction of sp³-hybridized carbons (Fsp3) is 0.0769. The number of benzene rings is 1. The number of hydrogen-bond donors (Lipinski definition) is 2. The van der Waals surface area contributed by atoms with E-state index in [4.69, 9.17) is 0 Å². The van der Waals surface area contributed by atoms with Crippen molar-refractivity contribution in [2.45, 2.75) is 0 Å². The highest BCUT2D eigenvalue weighted by molar-refractivity contribution is 9.10. The third-order valence-electron chi connectivity index (χ3n) is 2.44. The number of hydrogen-bond acceptors (Lipinski definition) is 3. The number of pyridine rings is 1. The summed E-state index contributed by atoms with van der Waals surface area (Å²) in [5.74, 6) is -0.185. The van der Waals surface area contributed by atoms with Crippen molar-refractivity contribution in [3.8, 4) is 0 Å². The Balaban J connectivity index is 2.19. The van der Waals surface area contributed by atoms with E-state index in [0.717, 1.165) is 15.8 Å². The Labute approximate surface area is 114 Å². The minimum Gasteiger partial charge on any atom is -0.387 e. The number of aromatic nitrogens is 1. The van der Waals surface area contributed by atoms with Crippen LogP contribution in [-0.2, 0) is 0 Å². The Bertz CT molecular complexity index is 554. The Hall–Kier alpha value is -1.88. The van der Waals surface area contributed by atoms with Gasteiger partial charge in [-0.15, -0.1) is 0 Å². The molecule has 2 rings (SSSR count). The molecule has 0 unspecified atom stereocenters. The average Bonchev–Trinajstić information content (AvgIpc) is 2.41. The molecule has 0 bridgehead atoms. The predicted molar refractivity (Wildman–Crippen MR) is 75.9 cm³/mol. The summed E-state index contributed by atoms with van der Waals surface area (Å²) in [5, 5.41) is 5.78. The van der Waals surface area contributed by atoms with E-state index in [1.165, 1.54) is 0 Å². The molecule has 0 aliphatic rings. The molecule has 1 heterocycles. The zero-order valence-electron chi connectivity index (χ0n) is 9.77. The van der Waals surface area contributed by atoms with E-state index in [-0.39, 0.29) is 5.91 Å². The quantitative estimate of drug-likeness (QED) is 0.916. The molecule has 0 radical (unpaired) electrons. The first-order valence-corrected chi connectivity index (χ1v) is 6.18. The summed E-state index contributed by atoms with van der Waals surface area (Å²) >= 11 is 3.35. The first-order valence-electron chi connectivity index (χ1n) is 5.39. The van der Waals surface area contributed by atoms with Gasteiger partial charge in [-0.1, -0.05) is 15.9 Å². The topological polar surface area (TPSA) is 54.0 Å². The molecule has 0 spiro atoms. The molecule has 92 valence electrons. The third-order valence-corrected chi connectivity index (χ3v) is 2.97. The molecule has 0 fully saturated rings. The maximum absolute atomic E-state index is 12.1. The maximum atomic E-state index is 12.1. The van der Waals surface area contributed by atoms with Crippen LogP contribution in [0.2, 0.25) is 0 Å². The van der Waals surface area contributed by atoms with E-state index in [0.29, 0.717) is 5.56 Å². The van der Waals surface area contributed by atoms with Crippen LogP contribution in [0.3, 0.4) is 0 Å². The molecule has 1 amide bonds. The normalized spacial score (nSPS) is 9.89. The highest BCUT2D eigenvalue weighted by Crippen LogP contribution is 2.17. The lowest BCUT2D eigenvalue weighted by Crippen LogP contribution is -2.14. The van der Waals surface area contributed by atoms with Gasteiger partial charge in [0.15, 0.2) is 0 Å². The second kappa shape index (κ2) is 5.64. The summed E-state index contributed by atoms with van der Waals surface area (Å²) in [4.78, 5) is 16.0. The first kappa shape index (κ1) is 12.6. The van der Waals surface area contributed by atoms with Gasteiger partial charge in [-0.2, -0.15) is 0 Å². The van der Waals surface area contributed by atoms with Gasteiger partial charge in [0.05, 0.1) is 5.56 Å². The van der Waals surface area contributed by atoms with Crippen LogP contribution < -0.4 is 10.6 Å². The highest BCUT2D eigenvalue weighted by atomic mass is 79.9. The van der Waals surface area contributed by atoms with Crippen LogP contribution in [0, 0.1) is 0 Å². The zero-order chi connectivity index (χ0) is 13.0. The molecule has 0 aliphatic carbocycles. The molecular weight excluding hydrogens is 294 g/mol. The summed E-state index contributed by atoms with van der Waals surface area (Å²) in [7, 11) is 1.77. The fourth-order valence-electron chi connectivity index (χ4n) is 1.53. The van der Waals surface area contributed by atoms with E-state index >= 15 is 0 Å². The number of nitrogens with zero attached hydrogens (tertiary/aromatic N) is 1. The SMILES string of the molecule is CNc1ccncc1C(=O)Nc1ccc(Br)cc1. The van der Waals surface area contributed by atoms with E-state index in [1.54, 1.807) is 25.5 Å². The second-order valence-corrected chi connectivity index (χ2v) is 4.55. The van der Waals surface area contributed by atoms with Crippen LogP contribution in [0.4, 0.5) is 11.4 Å². The molecule has 1 aromatic carbocycles. The van der Waals surface area contributed by atoms with Crippen molar-refractivity contribution >= 4 is 33.2 Å². The van der Waals surface area contributed by atoms with E-state index in [9.17, 15) is 4.79 Å². The number of amides is 1. The van der Waals surface area contributed by atoms with Crippen LogP contribution in [0.25, 0.3) is 0 Å². The van der Waals surface area contributed by atoms with Gasteiger partial charge >= 0.3 is 0 Å². The molecule has 1 aromatic heterocycles. The van der Waals surface area contributed by atoms with E-state index in [1.807, 2.05) is 24.3 Å². The minimum atomic E-state index is -0.185. The standard InChI is InChI=1S/C13H12BrN3O/c1-15-12-6-7-16-8-11(12)13(18)17-10-4-2-9(14)3-5-10/h2-8H,1H3,(H,15,16)(H,17,18). The van der Waals surface area contributed by atoms with Crippen molar-refractivity contribution in [1.29, 1.82) is 0 Å². The summed E-state index contributed by atoms with van der Waals surface area (Å²) in [5.41, 5.74) is 2.01. The molecular formula is C13H12BrN3O. The Morgan fingerprint density at radius 3 is 2.61 bits per heavy atom. The van der Waals surface area contributed by atoms with Crippen molar-refractivity contribution in [2.75, 3.05) is 17.7 Å². The van der Waals surface area contributed by atoms with Crippen LogP contribution in [0.15, 0.2) is 47.2 Å². The highest BCUT2D eigenvalue weighted by Gasteiger charge is 2.10. The number of nitrogens with one attached hydrogen (secondary N) is 2. The number of halogens is 1. The fourth-order valence-corrected chi connectivity index (χ4v) is 1.79. The van der Waals surface area contributed by atoms with Crippen molar-refractivity contribution in [3.05, 3.63) is 52.8 Å². The Morgan fingerprint density at radius 1 is 1.22 bits per heavy atom.